The summed E-state index contributed by atoms with van der Waals surface area (Å²) in [6, 6.07) is 8.28. The van der Waals surface area contributed by atoms with Gasteiger partial charge in [-0.1, -0.05) is 30.2 Å². The average molecular weight is 375 g/mol. The van der Waals surface area contributed by atoms with Gasteiger partial charge in [0.15, 0.2) is 0 Å². The quantitative estimate of drug-likeness (QED) is 0.853. The fourth-order valence-corrected chi connectivity index (χ4v) is 4.73. The van der Waals surface area contributed by atoms with Crippen LogP contribution in [0, 0.1) is 5.92 Å². The Hall–Kier alpha value is -0.420. The lowest BCUT2D eigenvalue weighted by atomic mass is 9.85. The van der Waals surface area contributed by atoms with Crippen LogP contribution in [0.1, 0.15) is 37.3 Å². The van der Waals surface area contributed by atoms with Crippen LogP contribution in [0.25, 0.3) is 0 Å². The smallest absolute Gasteiger partial charge is 0.226 e. The van der Waals surface area contributed by atoms with Crippen molar-refractivity contribution in [3.05, 3.63) is 34.9 Å². The molecule has 1 amide bonds. The number of nitrogens with two attached hydrogens (primary N) is 1. The Kier molecular flexibility index (Phi) is 7.08. The van der Waals surface area contributed by atoms with Crippen LogP contribution >= 0.6 is 35.8 Å². The maximum absolute atomic E-state index is 13.0. The molecule has 3 unspecified atom stereocenters. The first-order valence-corrected chi connectivity index (χ1v) is 9.57. The molecule has 2 aliphatic rings. The van der Waals surface area contributed by atoms with Gasteiger partial charge < -0.3 is 10.6 Å². The maximum Gasteiger partial charge on any atom is 0.226 e. The first kappa shape index (κ1) is 18.9. The number of halogens is 2. The number of rotatable bonds is 2. The second-order valence-electron chi connectivity index (χ2n) is 6.30. The molecule has 1 aliphatic heterocycles. The zero-order valence-corrected chi connectivity index (χ0v) is 15.5. The van der Waals surface area contributed by atoms with Crippen LogP contribution in [0.5, 0.6) is 0 Å². The molecule has 1 saturated heterocycles. The van der Waals surface area contributed by atoms with E-state index in [9.17, 15) is 4.79 Å². The lowest BCUT2D eigenvalue weighted by Gasteiger charge is -2.39. The molecule has 1 aliphatic carbocycles. The van der Waals surface area contributed by atoms with E-state index in [0.717, 1.165) is 48.8 Å². The summed E-state index contributed by atoms with van der Waals surface area (Å²) in [6.45, 7) is 0.836. The van der Waals surface area contributed by atoms with Gasteiger partial charge in [0.2, 0.25) is 5.91 Å². The molecule has 3 atom stereocenters. The highest BCUT2D eigenvalue weighted by atomic mass is 35.5. The van der Waals surface area contributed by atoms with E-state index in [4.69, 9.17) is 17.3 Å². The summed E-state index contributed by atoms with van der Waals surface area (Å²) in [6.07, 6.45) is 3.96. The van der Waals surface area contributed by atoms with Gasteiger partial charge in [-0.25, -0.2) is 0 Å². The fourth-order valence-electron chi connectivity index (χ4n) is 3.51. The number of nitrogens with zero attached hydrogens (tertiary/aromatic N) is 1. The number of benzene rings is 1. The van der Waals surface area contributed by atoms with Crippen LogP contribution in [0.2, 0.25) is 5.02 Å². The van der Waals surface area contributed by atoms with Gasteiger partial charge in [0, 0.05) is 35.0 Å². The molecule has 1 heterocycles. The normalized spacial score (nSPS) is 28.1. The summed E-state index contributed by atoms with van der Waals surface area (Å²) < 4.78 is 0. The van der Waals surface area contributed by atoms with Crippen LogP contribution in [0.3, 0.4) is 0 Å². The predicted molar refractivity (Wildman–Crippen MR) is 100 cm³/mol. The average Bonchev–Trinajstić information content (AvgIpc) is 2.55. The third-order valence-corrected chi connectivity index (χ3v) is 6.01. The number of carbonyl (C=O) groups excluding carboxylic acids is 1. The largest absolute Gasteiger partial charge is 0.334 e. The SMILES string of the molecule is Cl.NC1CCCC(C(=O)N2CCSCC2c2ccc(Cl)cc2)C1. The van der Waals surface area contributed by atoms with Gasteiger partial charge in [-0.2, -0.15) is 11.8 Å². The van der Waals surface area contributed by atoms with Gasteiger partial charge in [-0.05, 0) is 37.0 Å². The van der Waals surface area contributed by atoms with Gasteiger partial charge in [0.05, 0.1) is 6.04 Å². The Labute approximate surface area is 153 Å². The first-order chi connectivity index (χ1) is 10.6. The van der Waals surface area contributed by atoms with E-state index in [0.29, 0.717) is 5.91 Å². The fraction of sp³-hybridized carbons (Fsp3) is 0.588. The highest BCUT2D eigenvalue weighted by Crippen LogP contribution is 2.34. The second kappa shape index (κ2) is 8.61. The molecule has 0 bridgehead atoms. The molecule has 3 nitrogen and oxygen atoms in total. The van der Waals surface area contributed by atoms with Crippen molar-refractivity contribution in [3.8, 4) is 0 Å². The third-order valence-electron chi connectivity index (χ3n) is 4.73. The molecule has 0 radical (unpaired) electrons. The molecule has 3 rings (SSSR count). The number of thioether (sulfide) groups is 1. The van der Waals surface area contributed by atoms with Gasteiger partial charge in [-0.3, -0.25) is 4.79 Å². The summed E-state index contributed by atoms with van der Waals surface area (Å²) in [5.74, 6) is 2.40. The summed E-state index contributed by atoms with van der Waals surface area (Å²) in [5, 5.41) is 0.739. The number of amides is 1. The summed E-state index contributed by atoms with van der Waals surface area (Å²) in [7, 11) is 0. The minimum Gasteiger partial charge on any atom is -0.334 e. The van der Waals surface area contributed by atoms with E-state index in [-0.39, 0.29) is 30.4 Å². The third kappa shape index (κ3) is 4.56. The molecular formula is C17H24Cl2N2OS. The molecule has 1 aromatic rings. The van der Waals surface area contributed by atoms with Gasteiger partial charge in [0.25, 0.3) is 0 Å². The Bertz CT molecular complexity index is 526. The molecule has 1 aromatic carbocycles. The van der Waals surface area contributed by atoms with Crippen molar-refractivity contribution in [1.82, 2.24) is 4.90 Å². The summed E-state index contributed by atoms with van der Waals surface area (Å²) in [5.41, 5.74) is 7.25. The van der Waals surface area contributed by atoms with Crippen LogP contribution in [0.15, 0.2) is 24.3 Å². The molecule has 23 heavy (non-hydrogen) atoms. The lowest BCUT2D eigenvalue weighted by Crippen LogP contribution is -2.46. The topological polar surface area (TPSA) is 46.3 Å². The van der Waals surface area contributed by atoms with Crippen molar-refractivity contribution in [1.29, 1.82) is 0 Å². The van der Waals surface area contributed by atoms with Crippen LogP contribution in [-0.2, 0) is 4.79 Å². The monoisotopic (exact) mass is 374 g/mol. The van der Waals surface area contributed by atoms with Gasteiger partial charge in [0.1, 0.15) is 0 Å². The standard InChI is InChI=1S/C17H23ClN2OS.ClH/c18-14-6-4-12(5-7-14)16-11-22-9-8-20(16)17(21)13-2-1-3-15(19)10-13;/h4-7,13,15-16H,1-3,8-11,19H2;1H. The number of hydrogen-bond donors (Lipinski definition) is 1. The van der Waals surface area contributed by atoms with Crippen molar-refractivity contribution in [3.63, 3.8) is 0 Å². The number of hydrogen-bond acceptors (Lipinski definition) is 3. The van der Waals surface area contributed by atoms with Gasteiger partial charge >= 0.3 is 0 Å². The van der Waals surface area contributed by atoms with Crippen molar-refractivity contribution in [2.75, 3.05) is 18.1 Å². The van der Waals surface area contributed by atoms with Crippen molar-refractivity contribution in [2.24, 2.45) is 11.7 Å². The molecule has 0 aromatic heterocycles. The highest BCUT2D eigenvalue weighted by molar-refractivity contribution is 7.99. The second-order valence-corrected chi connectivity index (χ2v) is 7.88. The minimum absolute atomic E-state index is 0. The van der Waals surface area contributed by atoms with E-state index in [1.54, 1.807) is 0 Å². The molecular weight excluding hydrogens is 351 g/mol. The zero-order valence-electron chi connectivity index (χ0n) is 13.1. The van der Waals surface area contributed by atoms with Crippen molar-refractivity contribution >= 4 is 41.7 Å². The van der Waals surface area contributed by atoms with E-state index in [1.165, 1.54) is 5.56 Å². The van der Waals surface area contributed by atoms with E-state index >= 15 is 0 Å². The Morgan fingerprint density at radius 3 is 2.70 bits per heavy atom. The Morgan fingerprint density at radius 2 is 2.00 bits per heavy atom. The number of carbonyl (C=O) groups is 1. The molecule has 1 saturated carbocycles. The molecule has 128 valence electrons. The van der Waals surface area contributed by atoms with Gasteiger partial charge in [-0.15, -0.1) is 12.4 Å². The minimum atomic E-state index is 0. The zero-order chi connectivity index (χ0) is 15.5. The lowest BCUT2D eigenvalue weighted by molar-refractivity contribution is -0.138. The maximum atomic E-state index is 13.0. The van der Waals surface area contributed by atoms with Crippen LogP contribution in [0.4, 0.5) is 0 Å². The van der Waals surface area contributed by atoms with E-state index in [2.05, 4.69) is 4.90 Å². The van der Waals surface area contributed by atoms with E-state index in [1.807, 2.05) is 36.0 Å². The molecule has 2 N–H and O–H groups in total. The highest BCUT2D eigenvalue weighted by Gasteiger charge is 2.34. The Morgan fingerprint density at radius 1 is 1.26 bits per heavy atom. The van der Waals surface area contributed by atoms with Crippen LogP contribution in [-0.4, -0.2) is 34.9 Å². The van der Waals surface area contributed by atoms with E-state index < -0.39 is 0 Å². The predicted octanol–water partition coefficient (Wildman–Crippen LogP) is 3.90. The molecule has 2 fully saturated rings. The summed E-state index contributed by atoms with van der Waals surface area (Å²) >= 11 is 7.91. The molecule has 0 spiro atoms. The van der Waals surface area contributed by atoms with Crippen LogP contribution < -0.4 is 5.73 Å². The molecule has 6 heteroatoms. The first-order valence-electron chi connectivity index (χ1n) is 8.04. The Balaban J connectivity index is 0.00000192. The summed E-state index contributed by atoms with van der Waals surface area (Å²) in [4.78, 5) is 15.1. The van der Waals surface area contributed by atoms with Crippen molar-refractivity contribution in [2.45, 2.75) is 37.8 Å². The van der Waals surface area contributed by atoms with Crippen molar-refractivity contribution < 1.29 is 4.79 Å².